The fourth-order valence-corrected chi connectivity index (χ4v) is 2.65. The lowest BCUT2D eigenvalue weighted by atomic mass is 9.71. The molecular weight excluding hydrogens is 206 g/mol. The van der Waals surface area contributed by atoms with Gasteiger partial charge in [0.05, 0.1) is 0 Å². The van der Waals surface area contributed by atoms with Gasteiger partial charge in [-0.3, -0.25) is 0 Å². The quantitative estimate of drug-likeness (QED) is 0.717. The van der Waals surface area contributed by atoms with E-state index in [0.717, 1.165) is 12.8 Å². The summed E-state index contributed by atoms with van der Waals surface area (Å²) < 4.78 is 0.572. The molecule has 0 saturated heterocycles. The van der Waals surface area contributed by atoms with Gasteiger partial charge in [0, 0.05) is 11.9 Å². The van der Waals surface area contributed by atoms with Crippen LogP contribution < -0.4 is 5.73 Å². The van der Waals surface area contributed by atoms with Crippen molar-refractivity contribution < 1.29 is 0 Å². The predicted molar refractivity (Wildman–Crippen MR) is 63.3 cm³/mol. The largest absolute Gasteiger partial charge is 0.334 e. The molecule has 0 bridgehead atoms. The molecule has 0 aliphatic heterocycles. The monoisotopic (exact) mass is 223 g/mol. The van der Waals surface area contributed by atoms with Crippen LogP contribution in [0.25, 0.3) is 0 Å². The molecule has 1 aromatic heterocycles. The highest BCUT2D eigenvalue weighted by atomic mass is 32.1. The Labute approximate surface area is 95.1 Å². The van der Waals surface area contributed by atoms with E-state index in [1.165, 1.54) is 11.3 Å². The highest BCUT2D eigenvalue weighted by molar-refractivity contribution is 7.71. The van der Waals surface area contributed by atoms with Gasteiger partial charge in [0.2, 0.25) is 0 Å². The smallest absolute Gasteiger partial charge is 0.196 e. The minimum atomic E-state index is 0.302. The average molecular weight is 223 g/mol. The van der Waals surface area contributed by atoms with Crippen LogP contribution in [-0.4, -0.2) is 16.5 Å². The van der Waals surface area contributed by atoms with Gasteiger partial charge in [0.15, 0.2) is 4.77 Å². The summed E-state index contributed by atoms with van der Waals surface area (Å²) in [5.41, 5.74) is 8.59. The van der Waals surface area contributed by atoms with Crippen molar-refractivity contribution in [3.8, 4) is 0 Å². The lowest BCUT2D eigenvalue weighted by Crippen LogP contribution is -2.30. The fourth-order valence-electron chi connectivity index (χ4n) is 2.48. The Morgan fingerprint density at radius 2 is 2.40 bits per heavy atom. The normalized spacial score (nSPS) is 23.5. The summed E-state index contributed by atoms with van der Waals surface area (Å²) in [6, 6.07) is 0. The number of nitrogens with zero attached hydrogens (tertiary/aromatic N) is 1. The summed E-state index contributed by atoms with van der Waals surface area (Å²) in [6.07, 6.45) is 4.05. The van der Waals surface area contributed by atoms with E-state index in [-0.39, 0.29) is 0 Å². The second-order valence-corrected chi connectivity index (χ2v) is 5.49. The first kappa shape index (κ1) is 10.8. The van der Waals surface area contributed by atoms with Crippen molar-refractivity contribution in [1.29, 1.82) is 0 Å². The Hall–Kier alpha value is -0.740. The van der Waals surface area contributed by atoms with E-state index in [4.69, 9.17) is 18.0 Å². The maximum Gasteiger partial charge on any atom is 0.196 e. The van der Waals surface area contributed by atoms with Crippen molar-refractivity contribution in [3.63, 3.8) is 0 Å². The van der Waals surface area contributed by atoms with E-state index in [9.17, 15) is 0 Å². The zero-order valence-corrected chi connectivity index (χ0v) is 10.0. The number of hydrogen-bond donors (Lipinski definition) is 2. The van der Waals surface area contributed by atoms with Gasteiger partial charge in [-0.1, -0.05) is 13.8 Å². The van der Waals surface area contributed by atoms with Gasteiger partial charge < -0.3 is 10.7 Å². The van der Waals surface area contributed by atoms with Crippen molar-refractivity contribution in [2.75, 3.05) is 6.54 Å². The molecular formula is C11H17N3S. The molecule has 1 aliphatic rings. The van der Waals surface area contributed by atoms with Crippen molar-refractivity contribution >= 4 is 12.2 Å². The Kier molecular flexibility index (Phi) is 2.64. The zero-order valence-electron chi connectivity index (χ0n) is 9.21. The standard InChI is InChI=1S/C11H17N3S/c1-11(2)3-7(5-12)8-6-13-10(15)14-9(8)4-11/h6-7H,3-5,12H2,1-2H3,(H,13,14,15). The first-order valence-corrected chi connectivity index (χ1v) is 5.71. The van der Waals surface area contributed by atoms with E-state index >= 15 is 0 Å². The van der Waals surface area contributed by atoms with Crippen LogP contribution in [0, 0.1) is 10.2 Å². The minimum Gasteiger partial charge on any atom is -0.334 e. The van der Waals surface area contributed by atoms with Crippen LogP contribution in [0.15, 0.2) is 6.20 Å². The van der Waals surface area contributed by atoms with E-state index in [1.54, 1.807) is 0 Å². The summed E-state index contributed by atoms with van der Waals surface area (Å²) in [5.74, 6) is 0.420. The van der Waals surface area contributed by atoms with Crippen molar-refractivity contribution in [3.05, 3.63) is 22.2 Å². The highest BCUT2D eigenvalue weighted by Gasteiger charge is 2.31. The number of hydrogen-bond acceptors (Lipinski definition) is 3. The molecule has 15 heavy (non-hydrogen) atoms. The van der Waals surface area contributed by atoms with E-state index in [0.29, 0.717) is 22.6 Å². The number of aromatic amines is 1. The van der Waals surface area contributed by atoms with Crippen molar-refractivity contribution in [2.24, 2.45) is 11.1 Å². The van der Waals surface area contributed by atoms with Gasteiger partial charge in [0.1, 0.15) is 0 Å². The summed E-state index contributed by atoms with van der Waals surface area (Å²) in [4.78, 5) is 7.34. The Morgan fingerprint density at radius 3 is 3.07 bits per heavy atom. The first-order chi connectivity index (χ1) is 7.02. The van der Waals surface area contributed by atoms with E-state index in [1.807, 2.05) is 6.20 Å². The van der Waals surface area contributed by atoms with Gasteiger partial charge in [-0.2, -0.15) is 0 Å². The van der Waals surface area contributed by atoms with Crippen LogP contribution in [0.5, 0.6) is 0 Å². The molecule has 1 aromatic rings. The Balaban J connectivity index is 2.49. The molecule has 1 aliphatic carbocycles. The van der Waals surface area contributed by atoms with Crippen LogP contribution in [0.2, 0.25) is 0 Å². The van der Waals surface area contributed by atoms with Crippen LogP contribution in [0.3, 0.4) is 0 Å². The van der Waals surface area contributed by atoms with Crippen molar-refractivity contribution in [2.45, 2.75) is 32.6 Å². The molecule has 0 spiro atoms. The summed E-state index contributed by atoms with van der Waals surface area (Å²) >= 11 is 5.05. The van der Waals surface area contributed by atoms with Gasteiger partial charge in [0.25, 0.3) is 0 Å². The van der Waals surface area contributed by atoms with Crippen molar-refractivity contribution in [1.82, 2.24) is 9.97 Å². The SMILES string of the molecule is CC1(C)Cc2[nH]c(=S)ncc2C(CN)C1. The van der Waals surface area contributed by atoms with Crippen LogP contribution in [-0.2, 0) is 6.42 Å². The molecule has 0 saturated carbocycles. The minimum absolute atomic E-state index is 0.302. The molecule has 0 aromatic carbocycles. The summed E-state index contributed by atoms with van der Waals surface area (Å²) in [7, 11) is 0. The van der Waals surface area contributed by atoms with E-state index in [2.05, 4.69) is 23.8 Å². The van der Waals surface area contributed by atoms with Gasteiger partial charge >= 0.3 is 0 Å². The second kappa shape index (κ2) is 3.68. The van der Waals surface area contributed by atoms with Gasteiger partial charge in [-0.25, -0.2) is 4.98 Å². The molecule has 3 N–H and O–H groups in total. The molecule has 1 unspecified atom stereocenters. The number of fused-ring (bicyclic) bond motifs is 1. The third-order valence-electron chi connectivity index (χ3n) is 3.11. The molecule has 1 heterocycles. The molecule has 0 amide bonds. The Morgan fingerprint density at radius 1 is 1.67 bits per heavy atom. The summed E-state index contributed by atoms with van der Waals surface area (Å²) in [5, 5.41) is 0. The number of nitrogens with one attached hydrogen (secondary N) is 1. The fraction of sp³-hybridized carbons (Fsp3) is 0.636. The third kappa shape index (κ3) is 2.11. The number of nitrogens with two attached hydrogens (primary N) is 1. The molecule has 1 atom stereocenters. The first-order valence-electron chi connectivity index (χ1n) is 5.30. The van der Waals surface area contributed by atoms with E-state index < -0.39 is 0 Å². The number of rotatable bonds is 1. The van der Waals surface area contributed by atoms with Gasteiger partial charge in [-0.15, -0.1) is 0 Å². The van der Waals surface area contributed by atoms with Crippen LogP contribution in [0.4, 0.5) is 0 Å². The molecule has 0 fully saturated rings. The third-order valence-corrected chi connectivity index (χ3v) is 3.31. The maximum absolute atomic E-state index is 5.81. The highest BCUT2D eigenvalue weighted by Crippen LogP contribution is 2.40. The van der Waals surface area contributed by atoms with Crippen LogP contribution in [0.1, 0.15) is 37.4 Å². The topological polar surface area (TPSA) is 54.7 Å². The number of H-pyrrole nitrogens is 1. The zero-order chi connectivity index (χ0) is 11.1. The number of aromatic nitrogens is 2. The molecule has 3 nitrogen and oxygen atoms in total. The molecule has 2 rings (SSSR count). The van der Waals surface area contributed by atoms with Crippen LogP contribution >= 0.6 is 12.2 Å². The molecule has 0 radical (unpaired) electrons. The molecule has 82 valence electrons. The predicted octanol–water partition coefficient (Wildman–Crippen LogP) is 2.15. The van der Waals surface area contributed by atoms with Gasteiger partial charge in [-0.05, 0) is 48.5 Å². The Bertz CT molecular complexity index is 422. The lowest BCUT2D eigenvalue weighted by Gasteiger charge is -2.35. The summed E-state index contributed by atoms with van der Waals surface area (Å²) in [6.45, 7) is 5.23. The average Bonchev–Trinajstić information content (AvgIpc) is 2.14. The maximum atomic E-state index is 5.81. The lowest BCUT2D eigenvalue weighted by molar-refractivity contribution is 0.277. The molecule has 4 heteroatoms. The second-order valence-electron chi connectivity index (χ2n) is 5.10.